The Morgan fingerprint density at radius 1 is 0.848 bits per heavy atom. The van der Waals surface area contributed by atoms with Crippen LogP contribution in [0.1, 0.15) is 53.4 Å². The fraction of sp³-hybridized carbons (Fsp3) is 0.565. The van der Waals surface area contributed by atoms with Crippen molar-refractivity contribution in [3.05, 3.63) is 34.9 Å². The van der Waals surface area contributed by atoms with E-state index in [2.05, 4.69) is 38.2 Å². The number of carboxylic acids is 3. The topological polar surface area (TPSA) is 144 Å². The summed E-state index contributed by atoms with van der Waals surface area (Å²) in [6.07, 6.45) is 10.4. The molecule has 0 spiro atoms. The number of hydrogen-bond acceptors (Lipinski definition) is 5. The summed E-state index contributed by atoms with van der Waals surface area (Å²) in [5.74, 6) is -3.46. The van der Waals surface area contributed by atoms with Gasteiger partial charge >= 0.3 is 23.9 Å². The van der Waals surface area contributed by atoms with Crippen molar-refractivity contribution in [1.82, 2.24) is 10.2 Å². The van der Waals surface area contributed by atoms with Gasteiger partial charge in [0.2, 0.25) is 0 Å². The van der Waals surface area contributed by atoms with Crippen LogP contribution in [-0.4, -0.2) is 74.8 Å². The van der Waals surface area contributed by atoms with Gasteiger partial charge in [0, 0.05) is 11.5 Å². The van der Waals surface area contributed by atoms with Crippen molar-refractivity contribution in [3.63, 3.8) is 0 Å². The lowest BCUT2D eigenvalue weighted by Crippen LogP contribution is -2.51. The molecule has 4 N–H and O–H groups in total. The summed E-state index contributed by atoms with van der Waals surface area (Å²) in [4.78, 5) is 45.8. The first kappa shape index (κ1) is 30.2. The van der Waals surface area contributed by atoms with E-state index in [1.165, 1.54) is 28.5 Å². The molecule has 0 fully saturated rings. The number of allylic oxidation sites excluding steroid dienone is 5. The van der Waals surface area contributed by atoms with Gasteiger partial charge in [-0.1, -0.05) is 34.9 Å². The number of amides is 2. The molecule has 0 radical (unpaired) electrons. The number of nitrogens with zero attached hydrogens (tertiary/aromatic N) is 1. The standard InChI is InChI=1S/C23H36N2O7S/c1-16(2)7-5-8-17(3)9-6-10-18(4)11-12-33-15-19(22(30)31)24-23(32)25(13-20(26)27)14-21(28)29/h7,9,11,19H,5-6,8,10,12-15H2,1-4H3,(H,24,32)(H,26,27)(H,28,29)(H,30,31)/b17-9+,18-11+. The first-order valence-electron chi connectivity index (χ1n) is 10.7. The number of hydrogen-bond donors (Lipinski definition) is 4. The van der Waals surface area contributed by atoms with Gasteiger partial charge in [0.15, 0.2) is 0 Å². The maximum atomic E-state index is 12.1. The Bertz CT molecular complexity index is 755. The third-order valence-electron chi connectivity index (χ3n) is 4.49. The molecular formula is C23H36N2O7S. The minimum absolute atomic E-state index is 0.0577. The van der Waals surface area contributed by atoms with E-state index in [0.717, 1.165) is 25.7 Å². The van der Waals surface area contributed by atoms with Gasteiger partial charge in [-0.15, -0.1) is 0 Å². The normalized spacial score (nSPS) is 12.6. The molecule has 0 heterocycles. The van der Waals surface area contributed by atoms with E-state index in [4.69, 9.17) is 10.2 Å². The molecule has 2 amide bonds. The van der Waals surface area contributed by atoms with E-state index < -0.39 is 43.1 Å². The summed E-state index contributed by atoms with van der Waals surface area (Å²) in [7, 11) is 0. The average Bonchev–Trinajstić information content (AvgIpc) is 2.68. The minimum Gasteiger partial charge on any atom is -0.480 e. The molecule has 186 valence electrons. The number of nitrogens with one attached hydrogen (secondary N) is 1. The predicted molar refractivity (Wildman–Crippen MR) is 130 cm³/mol. The van der Waals surface area contributed by atoms with Gasteiger partial charge in [0.05, 0.1) is 0 Å². The molecule has 0 bridgehead atoms. The Kier molecular flexibility index (Phi) is 15.4. The first-order chi connectivity index (χ1) is 15.4. The minimum atomic E-state index is -1.40. The number of thioether (sulfide) groups is 1. The molecule has 0 aliphatic carbocycles. The fourth-order valence-corrected chi connectivity index (χ4v) is 3.67. The average molecular weight is 485 g/mol. The quantitative estimate of drug-likeness (QED) is 0.191. The highest BCUT2D eigenvalue weighted by atomic mass is 32.2. The van der Waals surface area contributed by atoms with Crippen LogP contribution in [-0.2, 0) is 14.4 Å². The van der Waals surface area contributed by atoms with E-state index in [9.17, 15) is 24.3 Å². The SMILES string of the molecule is CC(C)=CCC/C(C)=C/CC/C(C)=C/CSCC(NC(=O)N(CC(=O)O)CC(=O)O)C(=O)O. The molecule has 33 heavy (non-hydrogen) atoms. The largest absolute Gasteiger partial charge is 0.480 e. The lowest BCUT2D eigenvalue weighted by atomic mass is 10.1. The van der Waals surface area contributed by atoms with Gasteiger partial charge in [0.25, 0.3) is 0 Å². The van der Waals surface area contributed by atoms with E-state index in [1.807, 2.05) is 13.0 Å². The first-order valence-corrected chi connectivity index (χ1v) is 11.8. The Hall–Kier alpha value is -2.75. The maximum absolute atomic E-state index is 12.1. The monoisotopic (exact) mass is 484 g/mol. The number of carbonyl (C=O) groups excluding carboxylic acids is 1. The summed E-state index contributed by atoms with van der Waals surface area (Å²) in [6, 6.07) is -2.32. The van der Waals surface area contributed by atoms with Crippen molar-refractivity contribution in [2.24, 2.45) is 0 Å². The van der Waals surface area contributed by atoms with Crippen LogP contribution in [0.2, 0.25) is 0 Å². The van der Waals surface area contributed by atoms with Crippen molar-refractivity contribution in [1.29, 1.82) is 0 Å². The molecule has 0 aromatic heterocycles. The number of urea groups is 1. The Balaban J connectivity index is 4.56. The number of carbonyl (C=O) groups is 4. The fourth-order valence-electron chi connectivity index (χ4n) is 2.67. The van der Waals surface area contributed by atoms with Gasteiger partial charge in [-0.05, 0) is 53.4 Å². The number of aliphatic carboxylic acids is 3. The summed E-state index contributed by atoms with van der Waals surface area (Å²) in [6.45, 7) is 6.63. The summed E-state index contributed by atoms with van der Waals surface area (Å²) in [5.41, 5.74) is 3.86. The Labute approximate surface area is 199 Å². The van der Waals surface area contributed by atoms with Gasteiger partial charge < -0.3 is 25.5 Å². The highest BCUT2D eigenvalue weighted by Gasteiger charge is 2.25. The zero-order valence-corrected chi connectivity index (χ0v) is 20.6. The molecule has 0 saturated heterocycles. The zero-order chi connectivity index (χ0) is 25.4. The smallest absolute Gasteiger partial charge is 0.327 e. The van der Waals surface area contributed by atoms with Gasteiger partial charge in [0.1, 0.15) is 19.1 Å². The summed E-state index contributed by atoms with van der Waals surface area (Å²) in [5, 5.41) is 29.2. The summed E-state index contributed by atoms with van der Waals surface area (Å²) < 4.78 is 0. The van der Waals surface area contributed by atoms with E-state index in [1.54, 1.807) is 0 Å². The van der Waals surface area contributed by atoms with Gasteiger partial charge in [-0.2, -0.15) is 11.8 Å². The molecule has 9 nitrogen and oxygen atoms in total. The number of rotatable bonds is 16. The van der Waals surface area contributed by atoms with Crippen molar-refractivity contribution in [2.45, 2.75) is 59.4 Å². The maximum Gasteiger partial charge on any atom is 0.327 e. The third-order valence-corrected chi connectivity index (χ3v) is 5.46. The molecule has 1 atom stereocenters. The second-order valence-corrected chi connectivity index (χ2v) is 9.06. The van der Waals surface area contributed by atoms with Crippen molar-refractivity contribution in [3.8, 4) is 0 Å². The lowest BCUT2D eigenvalue weighted by Gasteiger charge is -2.22. The third kappa shape index (κ3) is 16.5. The molecule has 0 rings (SSSR count). The van der Waals surface area contributed by atoms with Crippen LogP contribution < -0.4 is 5.32 Å². The molecule has 10 heteroatoms. The van der Waals surface area contributed by atoms with E-state index in [0.29, 0.717) is 10.7 Å². The van der Waals surface area contributed by atoms with E-state index >= 15 is 0 Å². The highest BCUT2D eigenvalue weighted by Crippen LogP contribution is 2.13. The van der Waals surface area contributed by atoms with Crippen LogP contribution in [0.4, 0.5) is 4.79 Å². The van der Waals surface area contributed by atoms with Crippen molar-refractivity contribution >= 4 is 35.7 Å². The highest BCUT2D eigenvalue weighted by molar-refractivity contribution is 7.99. The van der Waals surface area contributed by atoms with Crippen LogP contribution >= 0.6 is 11.8 Å². The number of carboxylic acid groups (broad SMARTS) is 3. The van der Waals surface area contributed by atoms with Crippen molar-refractivity contribution in [2.75, 3.05) is 24.6 Å². The lowest BCUT2D eigenvalue weighted by molar-refractivity contribution is -0.140. The van der Waals surface area contributed by atoms with Gasteiger partial charge in [-0.25, -0.2) is 9.59 Å². The molecule has 0 saturated carbocycles. The second kappa shape index (κ2) is 16.8. The zero-order valence-electron chi connectivity index (χ0n) is 19.8. The molecule has 0 aromatic rings. The Morgan fingerprint density at radius 2 is 1.36 bits per heavy atom. The summed E-state index contributed by atoms with van der Waals surface area (Å²) >= 11 is 1.31. The van der Waals surface area contributed by atoms with Crippen molar-refractivity contribution < 1.29 is 34.5 Å². The van der Waals surface area contributed by atoms with Crippen LogP contribution in [0.3, 0.4) is 0 Å². The predicted octanol–water partition coefficient (Wildman–Crippen LogP) is 3.77. The van der Waals surface area contributed by atoms with Gasteiger partial charge in [-0.3, -0.25) is 9.59 Å². The Morgan fingerprint density at radius 3 is 1.85 bits per heavy atom. The van der Waals surface area contributed by atoms with Crippen LogP contribution in [0, 0.1) is 0 Å². The molecule has 0 aromatic carbocycles. The van der Waals surface area contributed by atoms with Crippen LogP contribution in [0.25, 0.3) is 0 Å². The van der Waals surface area contributed by atoms with E-state index in [-0.39, 0.29) is 5.75 Å². The molecular weight excluding hydrogens is 448 g/mol. The van der Waals surface area contributed by atoms with Crippen LogP contribution in [0.15, 0.2) is 34.9 Å². The molecule has 1 unspecified atom stereocenters. The van der Waals surface area contributed by atoms with Crippen LogP contribution in [0.5, 0.6) is 0 Å². The second-order valence-electron chi connectivity index (χ2n) is 7.98. The molecule has 0 aliphatic rings. The molecule has 0 aliphatic heterocycles.